The van der Waals surface area contributed by atoms with Crippen LogP contribution >= 0.6 is 38.9 Å². The Kier molecular flexibility index (Phi) is 4.34. The van der Waals surface area contributed by atoms with E-state index in [9.17, 15) is 0 Å². The first-order valence-corrected chi connectivity index (χ1v) is 8.81. The van der Waals surface area contributed by atoms with Crippen molar-refractivity contribution in [1.82, 2.24) is 4.98 Å². The van der Waals surface area contributed by atoms with Gasteiger partial charge in [-0.3, -0.25) is 0 Å². The Hall–Kier alpha value is -0.580. The van der Waals surface area contributed by atoms with Gasteiger partial charge in [0.05, 0.1) is 11.7 Å². The molecule has 0 aliphatic heterocycles. The first kappa shape index (κ1) is 14.4. The number of hydrogen-bond donors (Lipinski definition) is 1. The highest BCUT2D eigenvalue weighted by Gasteiger charge is 2.17. The van der Waals surface area contributed by atoms with Gasteiger partial charge in [0.15, 0.2) is 5.15 Å². The number of thiophene rings is 1. The number of nitrogens with one attached hydrogen (secondary N) is 1. The van der Waals surface area contributed by atoms with Crippen LogP contribution in [0.15, 0.2) is 22.8 Å². The molecular weight excluding hydrogens is 356 g/mol. The summed E-state index contributed by atoms with van der Waals surface area (Å²) in [7, 11) is 0. The van der Waals surface area contributed by atoms with E-state index in [0.29, 0.717) is 5.15 Å². The van der Waals surface area contributed by atoms with Crippen LogP contribution in [0, 0.1) is 0 Å². The maximum atomic E-state index is 6.14. The molecule has 1 aliphatic rings. The highest BCUT2D eigenvalue weighted by Crippen LogP contribution is 2.35. The van der Waals surface area contributed by atoms with E-state index in [1.807, 2.05) is 17.4 Å². The molecule has 2 nitrogen and oxygen atoms in total. The Morgan fingerprint density at radius 3 is 2.95 bits per heavy atom. The van der Waals surface area contributed by atoms with E-state index in [2.05, 4.69) is 39.2 Å². The second kappa shape index (κ2) is 6.04. The largest absolute Gasteiger partial charge is 0.375 e. The van der Waals surface area contributed by atoms with Gasteiger partial charge in [-0.05, 0) is 66.2 Å². The van der Waals surface area contributed by atoms with Gasteiger partial charge < -0.3 is 5.32 Å². The molecule has 20 heavy (non-hydrogen) atoms. The van der Waals surface area contributed by atoms with E-state index >= 15 is 0 Å². The fraction of sp³-hybridized carbons (Fsp3) is 0.400. The van der Waals surface area contributed by atoms with E-state index in [1.165, 1.54) is 30.6 Å². The number of fused-ring (bicyclic) bond motifs is 1. The predicted octanol–water partition coefficient (Wildman–Crippen LogP) is 5.61. The monoisotopic (exact) mass is 370 g/mol. The lowest BCUT2D eigenvalue weighted by Crippen LogP contribution is -2.05. The molecule has 1 atom stereocenters. The summed E-state index contributed by atoms with van der Waals surface area (Å²) < 4.78 is 0.932. The number of aryl methyl sites for hydroxylation is 2. The third-order valence-corrected chi connectivity index (χ3v) is 5.77. The van der Waals surface area contributed by atoms with Gasteiger partial charge in [0.2, 0.25) is 0 Å². The molecule has 3 rings (SSSR count). The van der Waals surface area contributed by atoms with Crippen molar-refractivity contribution < 1.29 is 0 Å². The van der Waals surface area contributed by atoms with E-state index < -0.39 is 0 Å². The van der Waals surface area contributed by atoms with Gasteiger partial charge in [-0.15, -0.1) is 11.3 Å². The zero-order chi connectivity index (χ0) is 14.1. The molecule has 0 bridgehead atoms. The summed E-state index contributed by atoms with van der Waals surface area (Å²) >= 11 is 11.5. The average Bonchev–Trinajstić information content (AvgIpc) is 2.87. The third kappa shape index (κ3) is 3.02. The van der Waals surface area contributed by atoms with Crippen molar-refractivity contribution in [3.05, 3.63) is 43.3 Å². The molecule has 1 aliphatic carbocycles. The highest BCUT2D eigenvalue weighted by molar-refractivity contribution is 9.10. The van der Waals surface area contributed by atoms with E-state index in [4.69, 9.17) is 11.6 Å². The number of anilines is 1. The van der Waals surface area contributed by atoms with Crippen molar-refractivity contribution in [3.8, 4) is 0 Å². The van der Waals surface area contributed by atoms with Crippen LogP contribution in [0.1, 0.15) is 41.1 Å². The second-order valence-electron chi connectivity index (χ2n) is 5.16. The number of pyridine rings is 1. The van der Waals surface area contributed by atoms with Crippen molar-refractivity contribution in [3.63, 3.8) is 0 Å². The lowest BCUT2D eigenvalue weighted by atomic mass is 9.99. The van der Waals surface area contributed by atoms with Crippen molar-refractivity contribution in [2.75, 3.05) is 5.32 Å². The van der Waals surface area contributed by atoms with Gasteiger partial charge in [0.1, 0.15) is 0 Å². The standard InChI is InChI=1S/C15H16BrClN2S/c1-9(19-12-7-11(16)8-18-15(12)17)14-6-10-4-2-3-5-13(10)20-14/h6-9,19H,2-5H2,1H3. The molecule has 2 aromatic rings. The average molecular weight is 372 g/mol. The summed E-state index contributed by atoms with van der Waals surface area (Å²) in [6, 6.07) is 4.58. The quantitative estimate of drug-likeness (QED) is 0.709. The number of halogens is 2. The van der Waals surface area contributed by atoms with Crippen LogP contribution in [0.3, 0.4) is 0 Å². The molecule has 1 N–H and O–H groups in total. The summed E-state index contributed by atoms with van der Waals surface area (Å²) in [5.41, 5.74) is 2.42. The molecule has 0 fully saturated rings. The molecule has 1 unspecified atom stereocenters. The van der Waals surface area contributed by atoms with Crippen LogP contribution < -0.4 is 5.32 Å². The smallest absolute Gasteiger partial charge is 0.152 e. The second-order valence-corrected chi connectivity index (χ2v) is 7.60. The maximum Gasteiger partial charge on any atom is 0.152 e. The van der Waals surface area contributed by atoms with Crippen LogP contribution in [0.25, 0.3) is 0 Å². The fourth-order valence-corrected chi connectivity index (χ4v) is 4.30. The van der Waals surface area contributed by atoms with Gasteiger partial charge in [-0.25, -0.2) is 4.98 Å². The normalized spacial score (nSPS) is 15.8. The van der Waals surface area contributed by atoms with Crippen molar-refractivity contribution in [2.24, 2.45) is 0 Å². The molecule has 106 valence electrons. The maximum absolute atomic E-state index is 6.14. The van der Waals surface area contributed by atoms with E-state index in [0.717, 1.165) is 10.2 Å². The van der Waals surface area contributed by atoms with E-state index in [-0.39, 0.29) is 6.04 Å². The van der Waals surface area contributed by atoms with Crippen LogP contribution in [-0.2, 0) is 12.8 Å². The van der Waals surface area contributed by atoms with Gasteiger partial charge >= 0.3 is 0 Å². The molecule has 0 radical (unpaired) electrons. The van der Waals surface area contributed by atoms with E-state index in [1.54, 1.807) is 16.6 Å². The van der Waals surface area contributed by atoms with Gasteiger partial charge in [-0.2, -0.15) is 0 Å². The Morgan fingerprint density at radius 2 is 2.15 bits per heavy atom. The SMILES string of the molecule is CC(Nc1cc(Br)cnc1Cl)c1cc2c(s1)CCCC2. The summed E-state index contributed by atoms with van der Waals surface area (Å²) in [5, 5.41) is 3.98. The zero-order valence-electron chi connectivity index (χ0n) is 11.2. The Bertz CT molecular complexity index is 603. The van der Waals surface area contributed by atoms with Crippen LogP contribution in [0.2, 0.25) is 5.15 Å². The molecule has 0 saturated carbocycles. The van der Waals surface area contributed by atoms with Crippen LogP contribution in [0.5, 0.6) is 0 Å². The van der Waals surface area contributed by atoms with Crippen LogP contribution in [-0.4, -0.2) is 4.98 Å². The fourth-order valence-electron chi connectivity index (χ4n) is 2.56. The minimum Gasteiger partial charge on any atom is -0.375 e. The van der Waals surface area contributed by atoms with Crippen LogP contribution in [0.4, 0.5) is 5.69 Å². The van der Waals surface area contributed by atoms with Crippen molar-refractivity contribution in [2.45, 2.75) is 38.6 Å². The lowest BCUT2D eigenvalue weighted by molar-refractivity contribution is 0.696. The molecule has 2 heterocycles. The summed E-state index contributed by atoms with van der Waals surface area (Å²) in [4.78, 5) is 7.10. The van der Waals surface area contributed by atoms with Gasteiger partial charge in [0, 0.05) is 20.4 Å². The number of rotatable bonds is 3. The third-order valence-electron chi connectivity index (χ3n) is 3.62. The summed E-state index contributed by atoms with van der Waals surface area (Å²) in [5.74, 6) is 0. The molecule has 0 amide bonds. The van der Waals surface area contributed by atoms with Gasteiger partial charge in [-0.1, -0.05) is 11.6 Å². The first-order chi connectivity index (χ1) is 9.63. The first-order valence-electron chi connectivity index (χ1n) is 6.82. The molecule has 5 heteroatoms. The number of aromatic nitrogens is 1. The topological polar surface area (TPSA) is 24.9 Å². The Balaban J connectivity index is 1.80. The summed E-state index contributed by atoms with van der Waals surface area (Å²) in [6.45, 7) is 2.18. The highest BCUT2D eigenvalue weighted by atomic mass is 79.9. The number of hydrogen-bond acceptors (Lipinski definition) is 3. The van der Waals surface area contributed by atoms with Crippen molar-refractivity contribution in [1.29, 1.82) is 0 Å². The molecule has 0 aromatic carbocycles. The molecule has 0 spiro atoms. The predicted molar refractivity (Wildman–Crippen MR) is 89.9 cm³/mol. The molecule has 0 saturated heterocycles. The van der Waals surface area contributed by atoms with Crippen molar-refractivity contribution >= 4 is 44.6 Å². The summed E-state index contributed by atoms with van der Waals surface area (Å²) in [6.07, 6.45) is 6.84. The Morgan fingerprint density at radius 1 is 1.35 bits per heavy atom. The minimum atomic E-state index is 0.249. The molecular formula is C15H16BrClN2S. The number of nitrogens with zero attached hydrogens (tertiary/aromatic N) is 1. The molecule has 2 aromatic heterocycles. The van der Waals surface area contributed by atoms with Gasteiger partial charge in [0.25, 0.3) is 0 Å². The Labute approximate surface area is 136 Å². The lowest BCUT2D eigenvalue weighted by Gasteiger charge is -2.14. The zero-order valence-corrected chi connectivity index (χ0v) is 14.4. The minimum absolute atomic E-state index is 0.249.